The third-order valence-electron chi connectivity index (χ3n) is 4.46. The van der Waals surface area contributed by atoms with Crippen molar-refractivity contribution in [3.63, 3.8) is 0 Å². The Morgan fingerprint density at radius 2 is 1.87 bits per heavy atom. The van der Waals surface area contributed by atoms with E-state index in [0.29, 0.717) is 28.3 Å². The van der Waals surface area contributed by atoms with Crippen LogP contribution in [0.4, 0.5) is 5.69 Å². The summed E-state index contributed by atoms with van der Waals surface area (Å²) in [5, 5.41) is 1.18. The van der Waals surface area contributed by atoms with E-state index in [4.69, 9.17) is 9.15 Å². The first kappa shape index (κ1) is 19.7. The third-order valence-corrected chi connectivity index (χ3v) is 4.99. The van der Waals surface area contributed by atoms with Crippen LogP contribution in [0.3, 0.4) is 0 Å². The molecule has 1 aliphatic heterocycles. The van der Waals surface area contributed by atoms with Gasteiger partial charge in [-0.05, 0) is 54.6 Å². The smallest absolute Gasteiger partial charge is 0.337 e. The number of halogens is 1. The minimum Gasteiger partial charge on any atom is -0.465 e. The number of ether oxygens (including phenoxy) is 1. The predicted octanol–water partition coefficient (Wildman–Crippen LogP) is 3.96. The van der Waals surface area contributed by atoms with Gasteiger partial charge in [0.2, 0.25) is 0 Å². The molecule has 7 nitrogen and oxygen atoms in total. The fraction of sp³-hybridized carbons (Fsp3) is 0.0455. The lowest BCUT2D eigenvalue weighted by Gasteiger charge is -2.14. The Morgan fingerprint density at radius 3 is 2.60 bits per heavy atom. The number of carbonyl (C=O) groups is 3. The van der Waals surface area contributed by atoms with Gasteiger partial charge in [-0.25, -0.2) is 9.80 Å². The summed E-state index contributed by atoms with van der Waals surface area (Å²) >= 11 is 3.33. The first-order valence-electron chi connectivity index (χ1n) is 8.87. The monoisotopic (exact) mass is 466 g/mol. The quantitative estimate of drug-likeness (QED) is 0.357. The number of nitrogens with zero attached hydrogens (tertiary/aromatic N) is 1. The van der Waals surface area contributed by atoms with E-state index in [1.54, 1.807) is 60.7 Å². The van der Waals surface area contributed by atoms with Crippen molar-refractivity contribution in [1.29, 1.82) is 0 Å². The maximum absolute atomic E-state index is 12.7. The van der Waals surface area contributed by atoms with Crippen molar-refractivity contribution in [1.82, 2.24) is 5.43 Å². The van der Waals surface area contributed by atoms with Gasteiger partial charge in [0.25, 0.3) is 11.8 Å². The van der Waals surface area contributed by atoms with Gasteiger partial charge in [0, 0.05) is 10.0 Å². The van der Waals surface area contributed by atoms with E-state index in [2.05, 4.69) is 21.4 Å². The minimum absolute atomic E-state index is 0.0397. The van der Waals surface area contributed by atoms with Crippen molar-refractivity contribution < 1.29 is 23.5 Å². The van der Waals surface area contributed by atoms with Gasteiger partial charge < -0.3 is 9.15 Å². The second-order valence-corrected chi connectivity index (χ2v) is 7.31. The van der Waals surface area contributed by atoms with Gasteiger partial charge in [0.05, 0.1) is 18.4 Å². The topological polar surface area (TPSA) is 88.9 Å². The molecule has 2 heterocycles. The van der Waals surface area contributed by atoms with Crippen LogP contribution in [0, 0.1) is 0 Å². The average molecular weight is 467 g/mol. The number of esters is 1. The van der Waals surface area contributed by atoms with E-state index < -0.39 is 17.8 Å². The van der Waals surface area contributed by atoms with Gasteiger partial charge in [-0.1, -0.05) is 28.1 Å². The molecule has 1 aliphatic rings. The molecule has 0 radical (unpaired) electrons. The van der Waals surface area contributed by atoms with Crippen molar-refractivity contribution in [3.8, 4) is 11.3 Å². The van der Waals surface area contributed by atoms with Gasteiger partial charge in [-0.3, -0.25) is 15.0 Å². The van der Waals surface area contributed by atoms with Gasteiger partial charge >= 0.3 is 5.97 Å². The molecule has 1 saturated heterocycles. The lowest BCUT2D eigenvalue weighted by Crippen LogP contribution is -2.35. The molecule has 8 heteroatoms. The Hall–Kier alpha value is -3.65. The van der Waals surface area contributed by atoms with Crippen LogP contribution in [0.5, 0.6) is 0 Å². The number of hydrazine groups is 1. The summed E-state index contributed by atoms with van der Waals surface area (Å²) < 4.78 is 11.4. The third kappa shape index (κ3) is 3.77. The van der Waals surface area contributed by atoms with E-state index in [0.717, 1.165) is 4.47 Å². The Morgan fingerprint density at radius 1 is 1.10 bits per heavy atom. The summed E-state index contributed by atoms with van der Waals surface area (Å²) in [6.45, 7) is 0. The zero-order chi connectivity index (χ0) is 21.3. The second kappa shape index (κ2) is 8.00. The van der Waals surface area contributed by atoms with E-state index >= 15 is 0 Å². The normalized spacial score (nSPS) is 14.9. The van der Waals surface area contributed by atoms with Crippen LogP contribution < -0.4 is 10.4 Å². The van der Waals surface area contributed by atoms with Gasteiger partial charge in [-0.15, -0.1) is 0 Å². The number of nitrogens with one attached hydrogen (secondary N) is 1. The number of hydrogen-bond donors (Lipinski definition) is 1. The first-order chi connectivity index (χ1) is 14.5. The molecule has 2 amide bonds. The summed E-state index contributed by atoms with van der Waals surface area (Å²) in [6.07, 6.45) is 1.39. The molecule has 0 unspecified atom stereocenters. The van der Waals surface area contributed by atoms with Crippen molar-refractivity contribution in [2.24, 2.45) is 0 Å². The standard InChI is InChI=1S/C22H15BrN2O5/c1-29-22(28)14-4-2-3-13(11-14)19-10-9-17(30-19)12-18-20(26)24-25(21(18)27)16-7-5-15(23)6-8-16/h2-12H,1H3,(H,24,26)/b18-12-. The molecule has 0 aliphatic carbocycles. The number of methoxy groups -OCH3 is 1. The van der Waals surface area contributed by atoms with E-state index in [1.165, 1.54) is 18.2 Å². The van der Waals surface area contributed by atoms with Crippen molar-refractivity contribution >= 4 is 45.5 Å². The fourth-order valence-corrected chi connectivity index (χ4v) is 3.24. The largest absolute Gasteiger partial charge is 0.465 e. The Bertz CT molecular complexity index is 1180. The van der Waals surface area contributed by atoms with Crippen LogP contribution in [0.25, 0.3) is 17.4 Å². The summed E-state index contributed by atoms with van der Waals surface area (Å²) in [5.41, 5.74) is 4.10. The summed E-state index contributed by atoms with van der Waals surface area (Å²) in [5.74, 6) is -0.624. The number of furan rings is 1. The molecule has 2 aromatic carbocycles. The summed E-state index contributed by atoms with van der Waals surface area (Å²) in [7, 11) is 1.31. The summed E-state index contributed by atoms with van der Waals surface area (Å²) in [6, 6.07) is 17.1. The van der Waals surface area contributed by atoms with Crippen LogP contribution in [0.1, 0.15) is 16.1 Å². The lowest BCUT2D eigenvalue weighted by atomic mass is 10.1. The van der Waals surface area contributed by atoms with E-state index in [9.17, 15) is 14.4 Å². The average Bonchev–Trinajstić information content (AvgIpc) is 3.34. The minimum atomic E-state index is -0.520. The SMILES string of the molecule is COC(=O)c1cccc(-c2ccc(/C=C3/C(=O)NN(c4ccc(Br)cc4)C3=O)o2)c1. The zero-order valence-corrected chi connectivity index (χ0v) is 17.3. The molecule has 0 saturated carbocycles. The number of benzene rings is 2. The van der Waals surface area contributed by atoms with Crippen LogP contribution in [-0.2, 0) is 14.3 Å². The summed E-state index contributed by atoms with van der Waals surface area (Å²) in [4.78, 5) is 36.7. The number of carbonyl (C=O) groups excluding carboxylic acids is 3. The van der Waals surface area contributed by atoms with E-state index in [1.807, 2.05) is 0 Å². The highest BCUT2D eigenvalue weighted by Crippen LogP contribution is 2.27. The number of amides is 2. The number of hydrogen-bond acceptors (Lipinski definition) is 5. The number of anilines is 1. The van der Waals surface area contributed by atoms with Crippen LogP contribution in [-0.4, -0.2) is 24.9 Å². The Balaban J connectivity index is 1.60. The highest BCUT2D eigenvalue weighted by atomic mass is 79.9. The maximum Gasteiger partial charge on any atom is 0.337 e. The molecule has 1 aromatic heterocycles. The predicted molar refractivity (Wildman–Crippen MR) is 113 cm³/mol. The molecule has 0 bridgehead atoms. The molecular formula is C22H15BrN2O5. The van der Waals surface area contributed by atoms with Crippen molar-refractivity contribution in [2.75, 3.05) is 12.1 Å². The van der Waals surface area contributed by atoms with Crippen LogP contribution >= 0.6 is 15.9 Å². The second-order valence-electron chi connectivity index (χ2n) is 6.39. The van der Waals surface area contributed by atoms with E-state index in [-0.39, 0.29) is 5.57 Å². The Kier molecular flexibility index (Phi) is 5.24. The molecule has 30 heavy (non-hydrogen) atoms. The molecule has 0 spiro atoms. The van der Waals surface area contributed by atoms with Crippen LogP contribution in [0.15, 0.2) is 75.1 Å². The number of rotatable bonds is 4. The molecule has 1 N–H and O–H groups in total. The molecule has 0 atom stereocenters. The maximum atomic E-state index is 12.7. The van der Waals surface area contributed by atoms with Crippen molar-refractivity contribution in [3.05, 3.63) is 82.0 Å². The Labute approximate surface area is 180 Å². The van der Waals surface area contributed by atoms with Gasteiger partial charge in [-0.2, -0.15) is 0 Å². The molecule has 1 fully saturated rings. The van der Waals surface area contributed by atoms with Gasteiger partial charge in [0.15, 0.2) is 0 Å². The zero-order valence-electron chi connectivity index (χ0n) is 15.7. The lowest BCUT2D eigenvalue weighted by molar-refractivity contribution is -0.117. The molecular weight excluding hydrogens is 452 g/mol. The molecule has 4 rings (SSSR count). The van der Waals surface area contributed by atoms with Crippen molar-refractivity contribution in [2.45, 2.75) is 0 Å². The molecule has 150 valence electrons. The van der Waals surface area contributed by atoms with Crippen LogP contribution in [0.2, 0.25) is 0 Å². The van der Waals surface area contributed by atoms with Gasteiger partial charge in [0.1, 0.15) is 17.1 Å². The highest BCUT2D eigenvalue weighted by Gasteiger charge is 2.34. The molecule has 3 aromatic rings. The fourth-order valence-electron chi connectivity index (χ4n) is 2.97. The highest BCUT2D eigenvalue weighted by molar-refractivity contribution is 9.10. The first-order valence-corrected chi connectivity index (χ1v) is 9.67.